The summed E-state index contributed by atoms with van der Waals surface area (Å²) < 4.78 is 2.27. The molecule has 0 aliphatic heterocycles. The second-order valence-corrected chi connectivity index (χ2v) is 5.45. The van der Waals surface area contributed by atoms with Gasteiger partial charge in [-0.25, -0.2) is 4.98 Å². The molecule has 20 heavy (non-hydrogen) atoms. The molecule has 4 heteroatoms. The third-order valence-electron chi connectivity index (χ3n) is 3.95. The summed E-state index contributed by atoms with van der Waals surface area (Å²) in [7, 11) is 0. The molecule has 2 heterocycles. The molecule has 0 spiro atoms. The van der Waals surface area contributed by atoms with Gasteiger partial charge in [0.25, 0.3) is 0 Å². The molecule has 2 aromatic rings. The van der Waals surface area contributed by atoms with E-state index in [2.05, 4.69) is 32.8 Å². The summed E-state index contributed by atoms with van der Waals surface area (Å²) >= 11 is 0. The van der Waals surface area contributed by atoms with Crippen LogP contribution in [0.15, 0.2) is 18.6 Å². The zero-order chi connectivity index (χ0) is 13.9. The lowest BCUT2D eigenvalue weighted by Crippen LogP contribution is -2.15. The lowest BCUT2D eigenvalue weighted by molar-refractivity contribution is 0.653. The largest absolute Gasteiger partial charge is 0.313 e. The Morgan fingerprint density at radius 1 is 1.25 bits per heavy atom. The first-order valence-electron chi connectivity index (χ1n) is 7.51. The molecule has 106 valence electrons. The summed E-state index contributed by atoms with van der Waals surface area (Å²) in [5.41, 5.74) is 6.19. The summed E-state index contributed by atoms with van der Waals surface area (Å²) in [6.07, 6.45) is 8.77. The van der Waals surface area contributed by atoms with E-state index in [1.54, 1.807) is 0 Å². The minimum atomic E-state index is 0.853. The molecule has 0 saturated carbocycles. The summed E-state index contributed by atoms with van der Waals surface area (Å²) in [5.74, 6) is 0. The van der Waals surface area contributed by atoms with Gasteiger partial charge < -0.3 is 9.88 Å². The fourth-order valence-electron chi connectivity index (χ4n) is 2.87. The average Bonchev–Trinajstić information content (AvgIpc) is 2.90. The Morgan fingerprint density at radius 2 is 2.10 bits per heavy atom. The summed E-state index contributed by atoms with van der Waals surface area (Å²) in [6, 6.07) is 2.17. The van der Waals surface area contributed by atoms with Crippen molar-refractivity contribution in [2.75, 3.05) is 6.54 Å². The Hall–Kier alpha value is -1.68. The number of aromatic nitrogens is 3. The normalized spacial score (nSPS) is 14.3. The number of hydrogen-bond donors (Lipinski definition) is 1. The Balaban J connectivity index is 2.04. The molecule has 0 fully saturated rings. The van der Waals surface area contributed by atoms with Crippen LogP contribution in [-0.4, -0.2) is 21.1 Å². The topological polar surface area (TPSA) is 42.7 Å². The highest BCUT2D eigenvalue weighted by Crippen LogP contribution is 2.25. The SMILES string of the molecule is CCNCc1cnc(C)cc1-n1cnc2c1CCCC2. The van der Waals surface area contributed by atoms with Crippen molar-refractivity contribution in [3.8, 4) is 5.69 Å². The van der Waals surface area contributed by atoms with Crippen LogP contribution in [0.5, 0.6) is 0 Å². The highest BCUT2D eigenvalue weighted by molar-refractivity contribution is 5.43. The van der Waals surface area contributed by atoms with Crippen molar-refractivity contribution < 1.29 is 0 Å². The van der Waals surface area contributed by atoms with Crippen molar-refractivity contribution in [1.29, 1.82) is 0 Å². The van der Waals surface area contributed by atoms with E-state index in [4.69, 9.17) is 0 Å². The lowest BCUT2D eigenvalue weighted by atomic mass is 10.0. The zero-order valence-electron chi connectivity index (χ0n) is 12.3. The van der Waals surface area contributed by atoms with Gasteiger partial charge in [-0.2, -0.15) is 0 Å². The quantitative estimate of drug-likeness (QED) is 0.928. The fraction of sp³-hybridized carbons (Fsp3) is 0.500. The molecule has 0 atom stereocenters. The van der Waals surface area contributed by atoms with E-state index in [1.165, 1.54) is 35.5 Å². The average molecular weight is 270 g/mol. The second-order valence-electron chi connectivity index (χ2n) is 5.45. The van der Waals surface area contributed by atoms with Gasteiger partial charge in [0.15, 0.2) is 0 Å². The van der Waals surface area contributed by atoms with Crippen LogP contribution in [0.25, 0.3) is 5.69 Å². The van der Waals surface area contributed by atoms with Gasteiger partial charge in [-0.1, -0.05) is 6.92 Å². The highest BCUT2D eigenvalue weighted by Gasteiger charge is 2.17. The Kier molecular flexibility index (Phi) is 3.83. The van der Waals surface area contributed by atoms with Gasteiger partial charge in [-0.3, -0.25) is 4.98 Å². The van der Waals surface area contributed by atoms with Gasteiger partial charge in [-0.05, 0) is 45.2 Å². The monoisotopic (exact) mass is 270 g/mol. The molecule has 0 saturated heterocycles. The van der Waals surface area contributed by atoms with E-state index in [9.17, 15) is 0 Å². The molecule has 0 bridgehead atoms. The Morgan fingerprint density at radius 3 is 2.95 bits per heavy atom. The molecule has 1 N–H and O–H groups in total. The number of rotatable bonds is 4. The number of aryl methyl sites for hydroxylation is 2. The van der Waals surface area contributed by atoms with Crippen LogP contribution in [0.4, 0.5) is 0 Å². The molecular formula is C16H22N4. The maximum absolute atomic E-state index is 4.61. The number of nitrogens with one attached hydrogen (secondary N) is 1. The fourth-order valence-corrected chi connectivity index (χ4v) is 2.87. The van der Waals surface area contributed by atoms with Crippen LogP contribution in [0.3, 0.4) is 0 Å². The molecule has 3 rings (SSSR count). The maximum Gasteiger partial charge on any atom is 0.0997 e. The molecule has 2 aromatic heterocycles. The van der Waals surface area contributed by atoms with Crippen molar-refractivity contribution in [2.45, 2.75) is 46.1 Å². The molecule has 0 amide bonds. The van der Waals surface area contributed by atoms with E-state index in [0.29, 0.717) is 0 Å². The standard InChI is InChI=1S/C16H22N4/c1-3-17-9-13-10-18-12(2)8-16(13)20-11-19-14-6-4-5-7-15(14)20/h8,10-11,17H,3-7,9H2,1-2H3. The smallest absolute Gasteiger partial charge is 0.0997 e. The van der Waals surface area contributed by atoms with Crippen LogP contribution in [0.1, 0.15) is 42.4 Å². The van der Waals surface area contributed by atoms with Gasteiger partial charge in [0.2, 0.25) is 0 Å². The van der Waals surface area contributed by atoms with Crippen LogP contribution in [0.2, 0.25) is 0 Å². The van der Waals surface area contributed by atoms with E-state index in [-0.39, 0.29) is 0 Å². The number of fused-ring (bicyclic) bond motifs is 1. The second kappa shape index (κ2) is 5.75. The third kappa shape index (κ3) is 2.48. The van der Waals surface area contributed by atoms with E-state index < -0.39 is 0 Å². The number of imidazole rings is 1. The van der Waals surface area contributed by atoms with Crippen molar-refractivity contribution >= 4 is 0 Å². The van der Waals surface area contributed by atoms with Gasteiger partial charge in [0.1, 0.15) is 0 Å². The molecule has 0 aromatic carbocycles. The first kappa shape index (κ1) is 13.3. The molecule has 4 nitrogen and oxygen atoms in total. The number of hydrogen-bond acceptors (Lipinski definition) is 3. The lowest BCUT2D eigenvalue weighted by Gasteiger charge is -2.17. The molecule has 1 aliphatic rings. The molecule has 0 unspecified atom stereocenters. The highest BCUT2D eigenvalue weighted by atomic mass is 15.1. The van der Waals surface area contributed by atoms with E-state index in [0.717, 1.165) is 31.6 Å². The summed E-state index contributed by atoms with van der Waals surface area (Å²) in [5, 5.41) is 3.39. The van der Waals surface area contributed by atoms with Gasteiger partial charge in [0.05, 0.1) is 17.7 Å². The van der Waals surface area contributed by atoms with Crippen LogP contribution in [0, 0.1) is 6.92 Å². The van der Waals surface area contributed by atoms with Crippen molar-refractivity contribution in [1.82, 2.24) is 19.9 Å². The third-order valence-corrected chi connectivity index (χ3v) is 3.95. The van der Waals surface area contributed by atoms with Crippen LogP contribution < -0.4 is 5.32 Å². The minimum absolute atomic E-state index is 0.853. The Labute approximate surface area is 120 Å². The first-order valence-corrected chi connectivity index (χ1v) is 7.51. The Bertz CT molecular complexity index is 601. The van der Waals surface area contributed by atoms with Crippen LogP contribution >= 0.6 is 0 Å². The molecular weight excluding hydrogens is 248 g/mol. The summed E-state index contributed by atoms with van der Waals surface area (Å²) in [6.45, 7) is 5.99. The van der Waals surface area contributed by atoms with Crippen molar-refractivity contribution in [3.05, 3.63) is 41.2 Å². The van der Waals surface area contributed by atoms with Gasteiger partial charge in [0, 0.05) is 29.7 Å². The molecule has 0 radical (unpaired) electrons. The number of pyridine rings is 1. The van der Waals surface area contributed by atoms with E-state index in [1.807, 2.05) is 19.4 Å². The van der Waals surface area contributed by atoms with Crippen LogP contribution in [-0.2, 0) is 19.4 Å². The van der Waals surface area contributed by atoms with Crippen molar-refractivity contribution in [3.63, 3.8) is 0 Å². The first-order chi connectivity index (χ1) is 9.79. The van der Waals surface area contributed by atoms with Gasteiger partial charge in [-0.15, -0.1) is 0 Å². The van der Waals surface area contributed by atoms with Crippen molar-refractivity contribution in [2.24, 2.45) is 0 Å². The number of nitrogens with zero attached hydrogens (tertiary/aromatic N) is 3. The summed E-state index contributed by atoms with van der Waals surface area (Å²) in [4.78, 5) is 9.05. The predicted molar refractivity (Wildman–Crippen MR) is 80.1 cm³/mol. The van der Waals surface area contributed by atoms with E-state index >= 15 is 0 Å². The maximum atomic E-state index is 4.61. The minimum Gasteiger partial charge on any atom is -0.313 e. The van der Waals surface area contributed by atoms with Gasteiger partial charge >= 0.3 is 0 Å². The predicted octanol–water partition coefficient (Wildman–Crippen LogP) is 2.56. The zero-order valence-corrected chi connectivity index (χ0v) is 12.3. The molecule has 1 aliphatic carbocycles.